The molecule has 1 N–H and O–H groups in total. The highest BCUT2D eigenvalue weighted by Gasteiger charge is 2.32. The van der Waals surface area contributed by atoms with Gasteiger partial charge in [0.15, 0.2) is 0 Å². The Labute approximate surface area is 191 Å². The quantitative estimate of drug-likeness (QED) is 0.588. The molecule has 8 nitrogen and oxygen atoms in total. The van der Waals surface area contributed by atoms with E-state index in [4.69, 9.17) is 0 Å². The molecule has 0 bridgehead atoms. The molecular weight excluding hydrogens is 428 g/mol. The number of amides is 2. The molecule has 32 heavy (non-hydrogen) atoms. The summed E-state index contributed by atoms with van der Waals surface area (Å²) >= 11 is 0. The smallest absolute Gasteiger partial charge is 0.304 e. The number of likely N-dealkylation sites (N-methyl/N-ethyl adjacent to an activating group) is 1. The van der Waals surface area contributed by atoms with Gasteiger partial charge in [-0.25, -0.2) is 4.31 Å². The number of hydrogen-bond acceptors (Lipinski definition) is 4. The van der Waals surface area contributed by atoms with Crippen LogP contribution in [0.3, 0.4) is 0 Å². The van der Waals surface area contributed by atoms with Crippen LogP contribution in [0.1, 0.15) is 25.0 Å². The summed E-state index contributed by atoms with van der Waals surface area (Å²) in [5.41, 5.74) is 2.26. The van der Waals surface area contributed by atoms with E-state index < -0.39 is 28.7 Å². The van der Waals surface area contributed by atoms with Gasteiger partial charge in [-0.3, -0.25) is 9.59 Å². The number of para-hydroxylation sites is 1. The number of nitrogens with one attached hydrogen (secondary N) is 1. The highest BCUT2D eigenvalue weighted by molar-refractivity contribution is 7.90. The molecule has 2 amide bonds. The van der Waals surface area contributed by atoms with Crippen molar-refractivity contribution in [2.75, 3.05) is 31.5 Å². The first-order chi connectivity index (χ1) is 15.1. The van der Waals surface area contributed by atoms with Crippen LogP contribution in [0.25, 0.3) is 0 Å². The molecule has 0 unspecified atom stereocenters. The fraction of sp³-hybridized carbons (Fsp3) is 0.391. The van der Waals surface area contributed by atoms with Gasteiger partial charge in [-0.1, -0.05) is 48.0 Å². The van der Waals surface area contributed by atoms with Crippen LogP contribution in [0.4, 0.5) is 5.69 Å². The summed E-state index contributed by atoms with van der Waals surface area (Å²) in [5.74, 6) is -0.769. The van der Waals surface area contributed by atoms with Gasteiger partial charge >= 0.3 is 10.2 Å². The topological polar surface area (TPSA) is 90.0 Å². The van der Waals surface area contributed by atoms with Gasteiger partial charge in [0.2, 0.25) is 11.8 Å². The summed E-state index contributed by atoms with van der Waals surface area (Å²) in [6.07, 6.45) is 0. The van der Waals surface area contributed by atoms with Crippen molar-refractivity contribution in [1.82, 2.24) is 14.5 Å². The number of benzene rings is 2. The maximum absolute atomic E-state index is 13.5. The van der Waals surface area contributed by atoms with E-state index >= 15 is 0 Å². The molecule has 9 heteroatoms. The van der Waals surface area contributed by atoms with E-state index in [1.807, 2.05) is 31.2 Å². The predicted molar refractivity (Wildman–Crippen MR) is 126 cm³/mol. The van der Waals surface area contributed by atoms with Crippen molar-refractivity contribution in [2.45, 2.75) is 33.4 Å². The molecule has 0 spiro atoms. The first-order valence-electron chi connectivity index (χ1n) is 10.5. The van der Waals surface area contributed by atoms with Gasteiger partial charge in [-0.2, -0.15) is 12.7 Å². The highest BCUT2D eigenvalue weighted by Crippen LogP contribution is 2.20. The Balaban J connectivity index is 2.42. The Morgan fingerprint density at radius 3 is 2.25 bits per heavy atom. The zero-order valence-electron chi connectivity index (χ0n) is 19.3. The van der Waals surface area contributed by atoms with Crippen LogP contribution in [0.2, 0.25) is 0 Å². The SMILES string of the molecule is CCNC(=O)[C@H](C)N(Cc1cccc(C)c1)C(=O)CN(c1ccccc1)S(=O)(=O)N(C)C. The molecule has 1 atom stereocenters. The van der Waals surface area contributed by atoms with Crippen LogP contribution in [-0.4, -0.2) is 62.7 Å². The number of nitrogens with zero attached hydrogens (tertiary/aromatic N) is 3. The zero-order valence-corrected chi connectivity index (χ0v) is 20.1. The summed E-state index contributed by atoms with van der Waals surface area (Å²) in [6, 6.07) is 15.3. The van der Waals surface area contributed by atoms with Crippen molar-refractivity contribution in [3.63, 3.8) is 0 Å². The van der Waals surface area contributed by atoms with Crippen molar-refractivity contribution in [2.24, 2.45) is 0 Å². The zero-order chi connectivity index (χ0) is 23.9. The lowest BCUT2D eigenvalue weighted by atomic mass is 10.1. The van der Waals surface area contributed by atoms with E-state index in [1.54, 1.807) is 44.2 Å². The monoisotopic (exact) mass is 460 g/mol. The third-order valence-corrected chi connectivity index (χ3v) is 6.84. The van der Waals surface area contributed by atoms with Crippen molar-refractivity contribution < 1.29 is 18.0 Å². The summed E-state index contributed by atoms with van der Waals surface area (Å²) in [6.45, 7) is 5.58. The standard InChI is InChI=1S/C23H32N4O4S/c1-6-24-23(29)19(3)26(16-20-12-10-11-18(2)15-20)22(28)17-27(32(30,31)25(4)5)21-13-8-7-9-14-21/h7-15,19H,6,16-17H2,1-5H3,(H,24,29)/t19-/m0/s1. The second kappa shape index (κ2) is 11.1. The molecule has 0 aliphatic carbocycles. The Morgan fingerprint density at radius 2 is 1.69 bits per heavy atom. The normalized spacial score (nSPS) is 12.3. The van der Waals surface area contributed by atoms with E-state index in [0.29, 0.717) is 12.2 Å². The van der Waals surface area contributed by atoms with Crippen LogP contribution in [0.5, 0.6) is 0 Å². The van der Waals surface area contributed by atoms with Crippen LogP contribution in [0, 0.1) is 6.92 Å². The molecule has 0 saturated heterocycles. The number of rotatable bonds is 10. The Morgan fingerprint density at radius 1 is 1.03 bits per heavy atom. The van der Waals surface area contributed by atoms with Crippen LogP contribution in [0.15, 0.2) is 54.6 Å². The van der Waals surface area contributed by atoms with Gasteiger partial charge in [-0.05, 0) is 38.5 Å². The molecular formula is C23H32N4O4S. The highest BCUT2D eigenvalue weighted by atomic mass is 32.2. The fourth-order valence-electron chi connectivity index (χ4n) is 3.22. The van der Waals surface area contributed by atoms with Crippen LogP contribution >= 0.6 is 0 Å². The minimum Gasteiger partial charge on any atom is -0.355 e. The molecule has 2 aromatic carbocycles. The van der Waals surface area contributed by atoms with E-state index in [9.17, 15) is 18.0 Å². The number of carbonyl (C=O) groups excluding carboxylic acids is 2. The third kappa shape index (κ3) is 6.30. The number of hydrogen-bond donors (Lipinski definition) is 1. The van der Waals surface area contributed by atoms with Gasteiger partial charge in [0, 0.05) is 27.2 Å². The van der Waals surface area contributed by atoms with Gasteiger partial charge in [-0.15, -0.1) is 0 Å². The van der Waals surface area contributed by atoms with Gasteiger partial charge < -0.3 is 10.2 Å². The molecule has 0 radical (unpaired) electrons. The van der Waals surface area contributed by atoms with Crippen molar-refractivity contribution >= 4 is 27.7 Å². The van der Waals surface area contributed by atoms with Crippen LogP contribution < -0.4 is 9.62 Å². The van der Waals surface area contributed by atoms with Gasteiger partial charge in [0.05, 0.1) is 5.69 Å². The van der Waals surface area contributed by atoms with Crippen LogP contribution in [-0.2, 0) is 26.3 Å². The lowest BCUT2D eigenvalue weighted by molar-refractivity contribution is -0.139. The minimum absolute atomic E-state index is 0.184. The molecule has 0 fully saturated rings. The molecule has 0 saturated carbocycles. The fourth-order valence-corrected chi connectivity index (χ4v) is 4.28. The van der Waals surface area contributed by atoms with E-state index in [1.165, 1.54) is 19.0 Å². The molecule has 0 aliphatic rings. The van der Waals surface area contributed by atoms with Gasteiger partial charge in [0.1, 0.15) is 12.6 Å². The van der Waals surface area contributed by atoms with Gasteiger partial charge in [0.25, 0.3) is 0 Å². The maximum atomic E-state index is 13.5. The average Bonchev–Trinajstić information content (AvgIpc) is 2.75. The summed E-state index contributed by atoms with van der Waals surface area (Å²) in [5, 5.41) is 2.74. The first kappa shape index (κ1) is 25.4. The maximum Gasteiger partial charge on any atom is 0.304 e. The number of anilines is 1. The predicted octanol–water partition coefficient (Wildman–Crippen LogP) is 2.16. The van der Waals surface area contributed by atoms with Crippen molar-refractivity contribution in [1.29, 1.82) is 0 Å². The number of aryl methyl sites for hydroxylation is 1. The third-order valence-electron chi connectivity index (χ3n) is 5.02. The van der Waals surface area contributed by atoms with E-state index in [0.717, 1.165) is 19.7 Å². The molecule has 2 rings (SSSR count). The lowest BCUT2D eigenvalue weighted by Crippen LogP contribution is -2.52. The first-order valence-corrected chi connectivity index (χ1v) is 11.9. The van der Waals surface area contributed by atoms with Crippen molar-refractivity contribution in [3.8, 4) is 0 Å². The molecule has 2 aromatic rings. The van der Waals surface area contributed by atoms with E-state index in [-0.39, 0.29) is 12.5 Å². The Hall–Kier alpha value is -2.91. The number of carbonyl (C=O) groups is 2. The summed E-state index contributed by atoms with van der Waals surface area (Å²) in [4.78, 5) is 27.4. The second-order valence-electron chi connectivity index (χ2n) is 7.71. The molecule has 0 aliphatic heterocycles. The largest absolute Gasteiger partial charge is 0.355 e. The summed E-state index contributed by atoms with van der Waals surface area (Å²) in [7, 11) is -1.11. The average molecular weight is 461 g/mol. The Kier molecular flexibility index (Phi) is 8.80. The molecule has 174 valence electrons. The second-order valence-corrected chi connectivity index (χ2v) is 9.78. The minimum atomic E-state index is -3.94. The van der Waals surface area contributed by atoms with Crippen molar-refractivity contribution in [3.05, 3.63) is 65.7 Å². The summed E-state index contributed by atoms with van der Waals surface area (Å²) < 4.78 is 28.1. The Bertz CT molecular complexity index is 1030. The lowest BCUT2D eigenvalue weighted by Gasteiger charge is -2.32. The van der Waals surface area contributed by atoms with E-state index in [2.05, 4.69) is 5.32 Å². The molecule has 0 aromatic heterocycles. The molecule has 0 heterocycles.